The second-order valence-electron chi connectivity index (χ2n) is 12.6. The van der Waals surface area contributed by atoms with Crippen molar-refractivity contribution in [1.82, 2.24) is 9.97 Å². The smallest absolute Gasteiger partial charge is 0.124 e. The molecule has 0 fully saturated rings. The summed E-state index contributed by atoms with van der Waals surface area (Å²) in [5.74, 6) is 0. The zero-order chi connectivity index (χ0) is 32.3. The second kappa shape index (κ2) is 11.2. The Labute approximate surface area is 287 Å². The molecule has 0 aliphatic rings. The van der Waals surface area contributed by atoms with Gasteiger partial charge in [-0.2, -0.15) is 0 Å². The van der Waals surface area contributed by atoms with Gasteiger partial charge in [-0.05, 0) is 80.2 Å². The lowest BCUT2D eigenvalue weighted by Crippen LogP contribution is -1.93. The molecular formula is C46H28N2S. The van der Waals surface area contributed by atoms with E-state index in [4.69, 9.17) is 9.97 Å². The van der Waals surface area contributed by atoms with Crippen LogP contribution in [0.2, 0.25) is 0 Å². The van der Waals surface area contributed by atoms with Crippen LogP contribution in [0.5, 0.6) is 0 Å². The summed E-state index contributed by atoms with van der Waals surface area (Å²) in [4.78, 5) is 10.2. The van der Waals surface area contributed by atoms with Gasteiger partial charge in [-0.1, -0.05) is 133 Å². The van der Waals surface area contributed by atoms with Crippen LogP contribution >= 0.6 is 11.3 Å². The van der Waals surface area contributed by atoms with Gasteiger partial charge < -0.3 is 0 Å². The standard InChI is InChI=1S/C46H28N2S/c1-2-11-32-27-35(25-22-29(32)10-1)45-40-28-39(36-14-3-4-15-37(36)44(40)38-16-5-6-17-41(38)47-45)34-13-9-12-33(26-34)30-20-23-31(24-21-30)46-48-42-18-7-8-19-43(42)49-46/h1-28H. The molecule has 0 amide bonds. The molecule has 0 N–H and O–H groups in total. The van der Waals surface area contributed by atoms with Gasteiger partial charge in [0.15, 0.2) is 0 Å². The molecule has 49 heavy (non-hydrogen) atoms. The molecule has 3 heteroatoms. The summed E-state index contributed by atoms with van der Waals surface area (Å²) >= 11 is 1.74. The monoisotopic (exact) mass is 640 g/mol. The Balaban J connectivity index is 1.15. The van der Waals surface area contributed by atoms with Crippen LogP contribution in [-0.2, 0) is 0 Å². The number of para-hydroxylation sites is 2. The van der Waals surface area contributed by atoms with Gasteiger partial charge in [-0.15, -0.1) is 11.3 Å². The lowest BCUT2D eigenvalue weighted by molar-refractivity contribution is 1.43. The summed E-state index contributed by atoms with van der Waals surface area (Å²) in [6, 6.07) is 61.1. The maximum atomic E-state index is 5.33. The highest BCUT2D eigenvalue weighted by Gasteiger charge is 2.17. The number of rotatable bonds is 4. The predicted octanol–water partition coefficient (Wildman–Crippen LogP) is 13.0. The molecule has 0 radical (unpaired) electrons. The Morgan fingerprint density at radius 2 is 1.04 bits per heavy atom. The van der Waals surface area contributed by atoms with Gasteiger partial charge in [0.2, 0.25) is 0 Å². The summed E-state index contributed by atoms with van der Waals surface area (Å²) < 4.78 is 1.21. The third-order valence-corrected chi connectivity index (χ3v) is 10.7. The highest BCUT2D eigenvalue weighted by atomic mass is 32.1. The first-order chi connectivity index (χ1) is 24.3. The number of hydrogen-bond donors (Lipinski definition) is 0. The van der Waals surface area contributed by atoms with Crippen LogP contribution in [0.25, 0.3) is 97.5 Å². The van der Waals surface area contributed by atoms with Gasteiger partial charge in [0.05, 0.1) is 21.4 Å². The minimum atomic E-state index is 1.01. The minimum absolute atomic E-state index is 1.01. The van der Waals surface area contributed by atoms with Crippen LogP contribution in [0, 0.1) is 0 Å². The molecule has 2 aromatic heterocycles. The van der Waals surface area contributed by atoms with E-state index in [1.165, 1.54) is 59.3 Å². The van der Waals surface area contributed by atoms with Crippen molar-refractivity contribution >= 4 is 64.8 Å². The Morgan fingerprint density at radius 1 is 0.367 bits per heavy atom. The van der Waals surface area contributed by atoms with Gasteiger partial charge in [0.25, 0.3) is 0 Å². The van der Waals surface area contributed by atoms with Crippen molar-refractivity contribution in [3.05, 3.63) is 170 Å². The lowest BCUT2D eigenvalue weighted by Gasteiger charge is -2.17. The van der Waals surface area contributed by atoms with Gasteiger partial charge in [0, 0.05) is 27.3 Å². The Morgan fingerprint density at radius 3 is 1.90 bits per heavy atom. The summed E-state index contributed by atoms with van der Waals surface area (Å²) in [5.41, 5.74) is 10.1. The molecule has 2 heterocycles. The summed E-state index contributed by atoms with van der Waals surface area (Å²) in [5, 5.41) is 9.54. The molecule has 0 saturated carbocycles. The Hall–Kier alpha value is -6.16. The lowest BCUT2D eigenvalue weighted by atomic mass is 9.89. The number of fused-ring (bicyclic) bond motifs is 7. The fourth-order valence-electron chi connectivity index (χ4n) is 7.28. The Bertz CT molecular complexity index is 2850. The molecule has 0 spiro atoms. The number of pyridine rings is 1. The molecule has 0 atom stereocenters. The molecule has 2 nitrogen and oxygen atoms in total. The number of aromatic nitrogens is 2. The van der Waals surface area contributed by atoms with Crippen molar-refractivity contribution in [3.63, 3.8) is 0 Å². The largest absolute Gasteiger partial charge is 0.247 e. The van der Waals surface area contributed by atoms with E-state index in [0.717, 1.165) is 38.2 Å². The summed E-state index contributed by atoms with van der Waals surface area (Å²) in [6.45, 7) is 0. The van der Waals surface area contributed by atoms with E-state index in [9.17, 15) is 0 Å². The third-order valence-electron chi connectivity index (χ3n) is 9.66. The normalized spacial score (nSPS) is 11.7. The molecular weight excluding hydrogens is 613 g/mol. The first-order valence-electron chi connectivity index (χ1n) is 16.6. The molecule has 0 aliphatic heterocycles. The number of thiazole rings is 1. The maximum absolute atomic E-state index is 5.33. The van der Waals surface area contributed by atoms with E-state index in [1.807, 2.05) is 6.07 Å². The van der Waals surface area contributed by atoms with Crippen LogP contribution in [-0.4, -0.2) is 9.97 Å². The van der Waals surface area contributed by atoms with Crippen LogP contribution < -0.4 is 0 Å². The molecule has 10 rings (SSSR count). The fraction of sp³-hybridized carbons (Fsp3) is 0. The molecule has 228 valence electrons. The molecule has 10 aromatic rings. The van der Waals surface area contributed by atoms with E-state index in [1.54, 1.807) is 11.3 Å². The van der Waals surface area contributed by atoms with Crippen molar-refractivity contribution in [2.75, 3.05) is 0 Å². The predicted molar refractivity (Wildman–Crippen MR) is 209 cm³/mol. The zero-order valence-electron chi connectivity index (χ0n) is 26.5. The van der Waals surface area contributed by atoms with E-state index in [0.29, 0.717) is 0 Å². The number of nitrogens with zero attached hydrogens (tertiary/aromatic N) is 2. The van der Waals surface area contributed by atoms with Crippen molar-refractivity contribution in [2.24, 2.45) is 0 Å². The molecule has 0 bridgehead atoms. The topological polar surface area (TPSA) is 25.8 Å². The molecule has 8 aromatic carbocycles. The Kier molecular flexibility index (Phi) is 6.39. The van der Waals surface area contributed by atoms with Crippen LogP contribution in [0.3, 0.4) is 0 Å². The number of hydrogen-bond acceptors (Lipinski definition) is 3. The number of benzene rings is 8. The van der Waals surface area contributed by atoms with Crippen molar-refractivity contribution in [3.8, 4) is 44.1 Å². The van der Waals surface area contributed by atoms with Crippen LogP contribution in [0.15, 0.2) is 170 Å². The average molecular weight is 641 g/mol. The molecule has 0 saturated heterocycles. The summed E-state index contributed by atoms with van der Waals surface area (Å²) in [7, 11) is 0. The minimum Gasteiger partial charge on any atom is -0.247 e. The van der Waals surface area contributed by atoms with E-state index < -0.39 is 0 Å². The van der Waals surface area contributed by atoms with E-state index in [2.05, 4.69) is 164 Å². The van der Waals surface area contributed by atoms with E-state index in [-0.39, 0.29) is 0 Å². The van der Waals surface area contributed by atoms with Crippen molar-refractivity contribution in [2.45, 2.75) is 0 Å². The highest BCUT2D eigenvalue weighted by molar-refractivity contribution is 7.21. The highest BCUT2D eigenvalue weighted by Crippen LogP contribution is 2.42. The SMILES string of the molecule is c1cc(-c2ccc(-c3nc4ccccc4s3)cc2)cc(-c2cc3c(-c4ccc5ccccc5c4)nc4ccccc4c3c3ccccc23)c1. The van der Waals surface area contributed by atoms with Crippen molar-refractivity contribution in [1.29, 1.82) is 0 Å². The average Bonchev–Trinajstić information content (AvgIpc) is 3.62. The van der Waals surface area contributed by atoms with E-state index >= 15 is 0 Å². The maximum Gasteiger partial charge on any atom is 0.124 e. The first kappa shape index (κ1) is 27.9. The van der Waals surface area contributed by atoms with Crippen LogP contribution in [0.4, 0.5) is 0 Å². The van der Waals surface area contributed by atoms with Gasteiger partial charge >= 0.3 is 0 Å². The van der Waals surface area contributed by atoms with Gasteiger partial charge in [0.1, 0.15) is 5.01 Å². The fourth-order valence-corrected chi connectivity index (χ4v) is 8.25. The zero-order valence-corrected chi connectivity index (χ0v) is 27.3. The molecule has 0 unspecified atom stereocenters. The first-order valence-corrected chi connectivity index (χ1v) is 17.4. The molecule has 0 aliphatic carbocycles. The quantitative estimate of drug-likeness (QED) is 0.179. The summed E-state index contributed by atoms with van der Waals surface area (Å²) in [6.07, 6.45) is 0. The van der Waals surface area contributed by atoms with Crippen molar-refractivity contribution < 1.29 is 0 Å². The van der Waals surface area contributed by atoms with Crippen LogP contribution in [0.1, 0.15) is 0 Å². The second-order valence-corrected chi connectivity index (χ2v) is 13.6. The third kappa shape index (κ3) is 4.70. The van der Waals surface area contributed by atoms with Gasteiger partial charge in [-0.25, -0.2) is 9.97 Å². The van der Waals surface area contributed by atoms with Gasteiger partial charge in [-0.3, -0.25) is 0 Å².